The minimum atomic E-state index is -3.30. The number of fused-ring (bicyclic) bond motifs is 1. The Morgan fingerprint density at radius 3 is 2.74 bits per heavy atom. The predicted octanol–water partition coefficient (Wildman–Crippen LogP) is 1.34. The quantitative estimate of drug-likeness (QED) is 0.823. The molecule has 1 aliphatic carbocycles. The Morgan fingerprint density at radius 1 is 1.22 bits per heavy atom. The lowest BCUT2D eigenvalue weighted by Gasteiger charge is -2.24. The van der Waals surface area contributed by atoms with Crippen LogP contribution in [0.15, 0.2) is 6.07 Å². The van der Waals surface area contributed by atoms with Crippen LogP contribution in [0.5, 0.6) is 0 Å². The van der Waals surface area contributed by atoms with Crippen molar-refractivity contribution in [1.82, 2.24) is 24.5 Å². The predicted molar refractivity (Wildman–Crippen MR) is 84.5 cm³/mol. The Balaban J connectivity index is 1.49. The number of rotatable bonds is 5. The zero-order valence-corrected chi connectivity index (χ0v) is 14.1. The Bertz CT molecular complexity index is 811. The number of hydrogen-bond acceptors (Lipinski definition) is 5. The van der Waals surface area contributed by atoms with E-state index in [0.717, 1.165) is 43.7 Å². The molecule has 0 N–H and O–H groups in total. The van der Waals surface area contributed by atoms with Gasteiger partial charge in [-0.25, -0.2) is 8.42 Å². The van der Waals surface area contributed by atoms with E-state index in [-0.39, 0.29) is 11.5 Å². The van der Waals surface area contributed by atoms with Crippen molar-refractivity contribution in [3.05, 3.63) is 29.1 Å². The van der Waals surface area contributed by atoms with Crippen molar-refractivity contribution in [2.75, 3.05) is 0 Å². The molecule has 0 atom stereocenters. The van der Waals surface area contributed by atoms with Crippen molar-refractivity contribution in [2.24, 2.45) is 7.05 Å². The molecule has 0 radical (unpaired) electrons. The molecule has 0 spiro atoms. The molecule has 2 aliphatic rings. The van der Waals surface area contributed by atoms with E-state index in [2.05, 4.69) is 15.3 Å². The summed E-state index contributed by atoms with van der Waals surface area (Å²) in [7, 11) is -1.43. The number of aryl methyl sites for hydroxylation is 2. The van der Waals surface area contributed by atoms with Crippen molar-refractivity contribution >= 4 is 9.84 Å². The van der Waals surface area contributed by atoms with Gasteiger partial charge in [0, 0.05) is 25.2 Å². The number of aromatic nitrogens is 5. The third kappa shape index (κ3) is 2.80. The van der Waals surface area contributed by atoms with E-state index in [1.54, 1.807) is 0 Å². The summed E-state index contributed by atoms with van der Waals surface area (Å²) in [6.45, 7) is 0.892. The Kier molecular flexibility index (Phi) is 3.51. The molecule has 2 aromatic rings. The molecule has 4 rings (SSSR count). The first-order chi connectivity index (χ1) is 11.0. The summed E-state index contributed by atoms with van der Waals surface area (Å²) in [6, 6.07) is 1.92. The minimum absolute atomic E-state index is 0.0291. The van der Waals surface area contributed by atoms with Gasteiger partial charge < -0.3 is 4.57 Å². The van der Waals surface area contributed by atoms with Gasteiger partial charge in [0.15, 0.2) is 9.84 Å². The number of nitrogens with zero attached hydrogens (tertiary/aromatic N) is 5. The third-order valence-corrected chi connectivity index (χ3v) is 6.34. The van der Waals surface area contributed by atoms with Crippen LogP contribution in [-0.4, -0.2) is 33.0 Å². The second-order valence-electron chi connectivity index (χ2n) is 6.65. The van der Waals surface area contributed by atoms with Crippen LogP contribution in [0, 0.1) is 0 Å². The average molecular weight is 335 g/mol. The first-order valence-corrected chi connectivity index (χ1v) is 9.98. The molecule has 0 amide bonds. The molecule has 23 heavy (non-hydrogen) atoms. The molecular weight excluding hydrogens is 314 g/mol. The second-order valence-corrected chi connectivity index (χ2v) is 8.71. The zero-order valence-electron chi connectivity index (χ0n) is 13.3. The van der Waals surface area contributed by atoms with Gasteiger partial charge in [0.1, 0.15) is 17.4 Å². The molecular formula is C15H21N5O2S. The largest absolute Gasteiger partial charge is 0.317 e. The fourth-order valence-electron chi connectivity index (χ4n) is 3.39. The molecule has 3 heterocycles. The van der Waals surface area contributed by atoms with Crippen molar-refractivity contribution in [1.29, 1.82) is 0 Å². The summed E-state index contributed by atoms with van der Waals surface area (Å²) < 4.78 is 28.7. The molecule has 124 valence electrons. The molecule has 1 aliphatic heterocycles. The molecule has 1 saturated carbocycles. The van der Waals surface area contributed by atoms with E-state index in [4.69, 9.17) is 0 Å². The van der Waals surface area contributed by atoms with Gasteiger partial charge in [0.05, 0.1) is 11.4 Å². The lowest BCUT2D eigenvalue weighted by Crippen LogP contribution is -2.16. The molecule has 0 saturated heterocycles. The Labute approximate surface area is 135 Å². The fraction of sp³-hybridized carbons (Fsp3) is 0.667. The van der Waals surface area contributed by atoms with Crippen LogP contribution in [0.3, 0.4) is 0 Å². The van der Waals surface area contributed by atoms with Crippen LogP contribution in [0.1, 0.15) is 54.6 Å². The maximum absolute atomic E-state index is 12.5. The van der Waals surface area contributed by atoms with Crippen LogP contribution >= 0.6 is 0 Å². The highest BCUT2D eigenvalue weighted by molar-refractivity contribution is 7.89. The first-order valence-electron chi connectivity index (χ1n) is 8.16. The lowest BCUT2D eigenvalue weighted by atomic mass is 9.85. The van der Waals surface area contributed by atoms with Crippen LogP contribution < -0.4 is 0 Å². The summed E-state index contributed by atoms with van der Waals surface area (Å²) in [5.41, 5.74) is 1.78. The smallest absolute Gasteiger partial charge is 0.163 e. The molecule has 0 aromatic carbocycles. The van der Waals surface area contributed by atoms with Crippen molar-refractivity contribution in [3.63, 3.8) is 0 Å². The van der Waals surface area contributed by atoms with Gasteiger partial charge in [-0.15, -0.1) is 10.2 Å². The van der Waals surface area contributed by atoms with Crippen molar-refractivity contribution in [3.8, 4) is 0 Å². The van der Waals surface area contributed by atoms with Gasteiger partial charge in [0.2, 0.25) is 0 Å². The summed E-state index contributed by atoms with van der Waals surface area (Å²) >= 11 is 0. The fourth-order valence-corrected chi connectivity index (χ4v) is 4.72. The summed E-state index contributed by atoms with van der Waals surface area (Å²) in [4.78, 5) is 0. The van der Waals surface area contributed by atoms with E-state index < -0.39 is 9.84 Å². The summed E-state index contributed by atoms with van der Waals surface area (Å²) in [5.74, 6) is 1.78. The van der Waals surface area contributed by atoms with E-state index >= 15 is 0 Å². The van der Waals surface area contributed by atoms with Gasteiger partial charge in [-0.3, -0.25) is 4.68 Å². The normalized spacial score (nSPS) is 18.1. The highest BCUT2D eigenvalue weighted by atomic mass is 32.2. The molecule has 2 aromatic heterocycles. The van der Waals surface area contributed by atoms with E-state index in [0.29, 0.717) is 17.4 Å². The van der Waals surface area contributed by atoms with E-state index in [9.17, 15) is 8.42 Å². The molecule has 0 bridgehead atoms. The van der Waals surface area contributed by atoms with E-state index in [1.165, 1.54) is 6.42 Å². The van der Waals surface area contributed by atoms with Crippen LogP contribution in [0.25, 0.3) is 0 Å². The average Bonchev–Trinajstić information content (AvgIpc) is 3.06. The van der Waals surface area contributed by atoms with Crippen LogP contribution in [0.4, 0.5) is 0 Å². The van der Waals surface area contributed by atoms with Crippen molar-refractivity contribution in [2.45, 2.75) is 56.1 Å². The standard InChI is InChI=1S/C15H21N5O2S/c1-19-14(16-17-15(19)11-4-2-5-11)10-23(21,22)9-12-8-13-6-3-7-20(13)18-12/h8,11H,2-7,9-10H2,1H3. The van der Waals surface area contributed by atoms with Crippen molar-refractivity contribution < 1.29 is 8.42 Å². The maximum atomic E-state index is 12.5. The molecule has 1 fully saturated rings. The molecule has 7 nitrogen and oxygen atoms in total. The number of hydrogen-bond donors (Lipinski definition) is 0. The number of sulfone groups is 1. The van der Waals surface area contributed by atoms with Crippen LogP contribution in [-0.2, 0) is 41.4 Å². The summed E-state index contributed by atoms with van der Waals surface area (Å²) in [6.07, 6.45) is 5.55. The van der Waals surface area contributed by atoms with Crippen LogP contribution in [0.2, 0.25) is 0 Å². The SMILES string of the molecule is Cn1c(CS(=O)(=O)Cc2cc3n(n2)CCC3)nnc1C1CCC1. The topological polar surface area (TPSA) is 82.7 Å². The molecule has 0 unspecified atom stereocenters. The maximum Gasteiger partial charge on any atom is 0.163 e. The zero-order chi connectivity index (χ0) is 16.0. The monoisotopic (exact) mass is 335 g/mol. The highest BCUT2D eigenvalue weighted by Crippen LogP contribution is 2.35. The summed E-state index contributed by atoms with van der Waals surface area (Å²) in [5, 5.41) is 12.7. The Morgan fingerprint density at radius 2 is 2.04 bits per heavy atom. The van der Waals surface area contributed by atoms with Gasteiger partial charge in [-0.05, 0) is 31.7 Å². The van der Waals surface area contributed by atoms with Gasteiger partial charge in [0.25, 0.3) is 0 Å². The third-order valence-electron chi connectivity index (χ3n) is 4.90. The lowest BCUT2D eigenvalue weighted by molar-refractivity contribution is 0.391. The van der Waals surface area contributed by atoms with E-state index in [1.807, 2.05) is 22.4 Å². The first kappa shape index (κ1) is 14.9. The highest BCUT2D eigenvalue weighted by Gasteiger charge is 2.27. The van der Waals surface area contributed by atoms with Gasteiger partial charge >= 0.3 is 0 Å². The Hall–Kier alpha value is -1.70. The van der Waals surface area contributed by atoms with Gasteiger partial charge in [-0.1, -0.05) is 6.42 Å². The van der Waals surface area contributed by atoms with Gasteiger partial charge in [-0.2, -0.15) is 5.10 Å². The minimum Gasteiger partial charge on any atom is -0.317 e. The second kappa shape index (κ2) is 5.43. The molecule has 8 heteroatoms.